The summed E-state index contributed by atoms with van der Waals surface area (Å²) in [7, 11) is -3.30. The topological polar surface area (TPSA) is 152 Å². The molecular weight excluding hydrogens is 542 g/mol. The Labute approximate surface area is 231 Å². The minimum absolute atomic E-state index is 0.228. The zero-order chi connectivity index (χ0) is 27.6. The van der Waals surface area contributed by atoms with E-state index in [0.717, 1.165) is 42.9 Å². The number of ether oxygens (including phenoxy) is 1. The lowest BCUT2D eigenvalue weighted by Gasteiger charge is -2.33. The molecule has 0 bridgehead atoms. The number of pyridine rings is 1. The summed E-state index contributed by atoms with van der Waals surface area (Å²) in [5, 5.41) is 1.69. The van der Waals surface area contributed by atoms with Crippen LogP contribution in [0.5, 0.6) is 0 Å². The molecule has 1 amide bonds. The number of rotatable bonds is 12. The quantitative estimate of drug-likeness (QED) is 0.388. The number of sulfonamides is 1. The first-order chi connectivity index (χ1) is 18.6. The summed E-state index contributed by atoms with van der Waals surface area (Å²) in [5.41, 5.74) is 7.02. The maximum absolute atomic E-state index is 12.3. The summed E-state index contributed by atoms with van der Waals surface area (Å²) in [6.07, 6.45) is 7.94. The highest BCUT2D eigenvalue weighted by atomic mass is 32.2. The number of carbonyl (C=O) groups excluding carboxylic acids is 1. The SMILES string of the molecule is CCOC1=CN(O[C@@]2(C)CCN(CCc3cc(NS(=O)(=O)C4CC4)ccn3)C2)CC(c2cnc(C(N)=O)s2)=N1. The van der Waals surface area contributed by atoms with E-state index in [9.17, 15) is 13.2 Å². The Morgan fingerprint density at radius 2 is 2.15 bits per heavy atom. The van der Waals surface area contributed by atoms with E-state index in [0.29, 0.717) is 43.4 Å². The standard InChI is InChI=1S/C25H33N7O5S2/c1-3-36-22-15-32(14-20(29-22)21-13-28-24(38-21)23(26)33)37-25(2)8-11-31(16-25)10-7-17-12-18(6-9-27-17)30-39(34,35)19-4-5-19/h6,9,12-13,15,19H,3-5,7-8,10-11,14,16H2,1-2H3,(H2,26,33)(H,27,30)/t25-/m0/s1. The average molecular weight is 576 g/mol. The van der Waals surface area contributed by atoms with Gasteiger partial charge in [-0.15, -0.1) is 11.3 Å². The number of hydrogen-bond acceptors (Lipinski definition) is 11. The fraction of sp³-hybridized carbons (Fsp3) is 0.520. The third-order valence-corrected chi connectivity index (χ3v) is 9.61. The number of likely N-dealkylation sites (tertiary alicyclic amines) is 1. The number of hydroxylamine groups is 2. The van der Waals surface area contributed by atoms with Gasteiger partial charge in [0.15, 0.2) is 5.01 Å². The van der Waals surface area contributed by atoms with Crippen LogP contribution >= 0.6 is 11.3 Å². The van der Waals surface area contributed by atoms with Crippen molar-refractivity contribution in [2.75, 3.05) is 37.5 Å². The minimum atomic E-state index is -3.30. The molecule has 2 aliphatic heterocycles. The fourth-order valence-corrected chi connectivity index (χ4v) is 6.72. The maximum atomic E-state index is 12.3. The van der Waals surface area contributed by atoms with E-state index in [-0.39, 0.29) is 10.3 Å². The van der Waals surface area contributed by atoms with Gasteiger partial charge in [0.1, 0.15) is 5.60 Å². The second kappa shape index (κ2) is 11.2. The van der Waals surface area contributed by atoms with Crippen LogP contribution < -0.4 is 10.5 Å². The molecule has 12 nitrogen and oxygen atoms in total. The predicted octanol–water partition coefficient (Wildman–Crippen LogP) is 2.12. The van der Waals surface area contributed by atoms with Gasteiger partial charge in [0.25, 0.3) is 5.91 Å². The molecule has 2 aromatic heterocycles. The van der Waals surface area contributed by atoms with Crippen LogP contribution in [0.3, 0.4) is 0 Å². The summed E-state index contributed by atoms with van der Waals surface area (Å²) in [6, 6.07) is 3.49. The molecule has 2 aromatic rings. The van der Waals surface area contributed by atoms with Crippen molar-refractivity contribution in [3.63, 3.8) is 0 Å². The van der Waals surface area contributed by atoms with Gasteiger partial charge in [-0.25, -0.2) is 23.5 Å². The molecule has 0 aromatic carbocycles. The van der Waals surface area contributed by atoms with E-state index in [1.807, 2.05) is 13.0 Å². The van der Waals surface area contributed by atoms with Gasteiger partial charge in [0, 0.05) is 44.1 Å². The van der Waals surface area contributed by atoms with Crippen LogP contribution in [0.15, 0.2) is 41.6 Å². The largest absolute Gasteiger partial charge is 0.477 e. The molecule has 3 N–H and O–H groups in total. The molecular formula is C25H33N7O5S2. The van der Waals surface area contributed by atoms with Crippen molar-refractivity contribution in [1.29, 1.82) is 0 Å². The third kappa shape index (κ3) is 6.93. The van der Waals surface area contributed by atoms with E-state index in [1.165, 1.54) is 11.3 Å². The number of hydrogen-bond donors (Lipinski definition) is 2. The van der Waals surface area contributed by atoms with Crippen molar-refractivity contribution < 1.29 is 22.8 Å². The average Bonchev–Trinajstić information content (AvgIpc) is 3.52. The maximum Gasteiger partial charge on any atom is 0.277 e. The van der Waals surface area contributed by atoms with Gasteiger partial charge in [-0.3, -0.25) is 24.2 Å². The summed E-state index contributed by atoms with van der Waals surface area (Å²) < 4.78 is 32.9. The number of primary amides is 1. The Balaban J connectivity index is 1.18. The van der Waals surface area contributed by atoms with Crippen molar-refractivity contribution in [2.45, 2.75) is 50.4 Å². The zero-order valence-corrected chi connectivity index (χ0v) is 23.6. The van der Waals surface area contributed by atoms with Gasteiger partial charge in [-0.1, -0.05) is 0 Å². The first-order valence-electron chi connectivity index (χ1n) is 13.0. The van der Waals surface area contributed by atoms with Crippen LogP contribution in [0, 0.1) is 0 Å². The highest BCUT2D eigenvalue weighted by molar-refractivity contribution is 7.93. The van der Waals surface area contributed by atoms with Crippen LogP contribution in [0.25, 0.3) is 0 Å². The summed E-state index contributed by atoms with van der Waals surface area (Å²) in [5.74, 6) is -0.147. The predicted molar refractivity (Wildman–Crippen MR) is 148 cm³/mol. The van der Waals surface area contributed by atoms with E-state index >= 15 is 0 Å². The van der Waals surface area contributed by atoms with Crippen LogP contribution in [0.4, 0.5) is 5.69 Å². The number of nitrogens with zero attached hydrogens (tertiary/aromatic N) is 5. The minimum Gasteiger partial charge on any atom is -0.477 e. The lowest BCUT2D eigenvalue weighted by molar-refractivity contribution is -0.202. The molecule has 39 heavy (non-hydrogen) atoms. The smallest absolute Gasteiger partial charge is 0.277 e. The number of nitrogens with two attached hydrogens (primary N) is 1. The molecule has 0 unspecified atom stereocenters. The highest BCUT2D eigenvalue weighted by Gasteiger charge is 2.38. The van der Waals surface area contributed by atoms with E-state index in [1.54, 1.807) is 29.7 Å². The van der Waals surface area contributed by atoms with Crippen LogP contribution in [0.1, 0.15) is 53.5 Å². The van der Waals surface area contributed by atoms with Gasteiger partial charge < -0.3 is 10.5 Å². The first kappa shape index (κ1) is 27.5. The van der Waals surface area contributed by atoms with E-state index < -0.39 is 21.5 Å². The van der Waals surface area contributed by atoms with Crippen LogP contribution in [-0.2, 0) is 26.0 Å². The first-order valence-corrected chi connectivity index (χ1v) is 15.3. The molecule has 3 aliphatic rings. The third-order valence-electron chi connectivity index (χ3n) is 6.67. The van der Waals surface area contributed by atoms with Gasteiger partial charge in [-0.05, 0) is 45.2 Å². The highest BCUT2D eigenvalue weighted by Crippen LogP contribution is 2.30. The van der Waals surface area contributed by atoms with Gasteiger partial charge in [0.2, 0.25) is 15.9 Å². The Morgan fingerprint density at radius 3 is 2.87 bits per heavy atom. The normalized spacial score (nSPS) is 21.9. The molecule has 1 saturated carbocycles. The molecule has 1 saturated heterocycles. The van der Waals surface area contributed by atoms with Crippen molar-refractivity contribution in [3.8, 4) is 0 Å². The van der Waals surface area contributed by atoms with E-state index in [2.05, 4.69) is 31.5 Å². The van der Waals surface area contributed by atoms with Gasteiger partial charge >= 0.3 is 0 Å². The van der Waals surface area contributed by atoms with Crippen molar-refractivity contribution >= 4 is 38.7 Å². The van der Waals surface area contributed by atoms with Crippen molar-refractivity contribution in [3.05, 3.63) is 52.2 Å². The number of nitrogens with one attached hydrogen (secondary N) is 1. The monoisotopic (exact) mass is 575 g/mol. The number of aromatic nitrogens is 2. The second-order valence-electron chi connectivity index (χ2n) is 10.1. The van der Waals surface area contributed by atoms with Crippen LogP contribution in [-0.4, -0.2) is 83.6 Å². The van der Waals surface area contributed by atoms with Crippen molar-refractivity contribution in [1.82, 2.24) is 19.9 Å². The summed E-state index contributed by atoms with van der Waals surface area (Å²) >= 11 is 1.19. The number of amides is 1. The molecule has 1 atom stereocenters. The molecule has 0 spiro atoms. The number of anilines is 1. The Kier molecular flexibility index (Phi) is 7.89. The van der Waals surface area contributed by atoms with Crippen LogP contribution in [0.2, 0.25) is 0 Å². The van der Waals surface area contributed by atoms with E-state index in [4.69, 9.17) is 15.3 Å². The lowest BCUT2D eigenvalue weighted by atomic mass is 10.1. The summed E-state index contributed by atoms with van der Waals surface area (Å²) in [4.78, 5) is 34.1. The van der Waals surface area contributed by atoms with Gasteiger partial charge in [-0.2, -0.15) is 0 Å². The zero-order valence-electron chi connectivity index (χ0n) is 22.0. The molecule has 5 rings (SSSR count). The molecule has 1 aliphatic carbocycles. The lowest BCUT2D eigenvalue weighted by Crippen LogP contribution is -2.41. The molecule has 14 heteroatoms. The number of aliphatic imine (C=N–C) groups is 1. The molecule has 4 heterocycles. The molecule has 2 fully saturated rings. The Bertz CT molecular complexity index is 1390. The summed E-state index contributed by atoms with van der Waals surface area (Å²) in [6.45, 7) is 7.14. The van der Waals surface area contributed by atoms with Gasteiger partial charge in [0.05, 0.1) is 40.9 Å². The second-order valence-corrected chi connectivity index (χ2v) is 13.1. The Hall–Kier alpha value is -3.07. The number of thiazole rings is 1. The van der Waals surface area contributed by atoms with Crippen molar-refractivity contribution in [2.24, 2.45) is 10.7 Å². The molecule has 0 radical (unpaired) electrons. The Morgan fingerprint density at radius 1 is 1.33 bits per heavy atom. The molecule has 210 valence electrons. The fourth-order valence-electron chi connectivity index (χ4n) is 4.60. The number of carbonyl (C=O) groups is 1.